The molecule has 1 rings (SSSR count). The van der Waals surface area contributed by atoms with Crippen LogP contribution in [-0.4, -0.2) is 32.5 Å². The number of carbonyl (C=O) groups excluding carboxylic acids is 1. The molecule has 0 spiro atoms. The van der Waals surface area contributed by atoms with Crippen LogP contribution in [0.1, 0.15) is 38.5 Å². The molecule has 1 heterocycles. The summed E-state index contributed by atoms with van der Waals surface area (Å²) in [5.74, 6) is 0.0654. The molecular weight excluding hydrogens is 370 g/mol. The molecule has 2 nitrogen and oxygen atoms in total. The number of halogens is 1. The Labute approximate surface area is 112 Å². The number of rotatable bonds is 5. The third-order valence-electron chi connectivity index (χ3n) is 2.87. The minimum atomic E-state index is -0.0637. The van der Waals surface area contributed by atoms with Gasteiger partial charge in [-0.25, -0.2) is 0 Å². The van der Waals surface area contributed by atoms with Crippen LogP contribution in [0.4, 0.5) is 0 Å². The van der Waals surface area contributed by atoms with Gasteiger partial charge in [0.25, 0.3) is 0 Å². The first-order valence-corrected chi connectivity index (χ1v) is 9.13. The second kappa shape index (κ2) is 7.12. The Hall–Kier alpha value is 0.719. The monoisotopic (exact) mass is 390 g/mol. The molecular formula is C11H19IO2Se. The predicted octanol–water partition coefficient (Wildman–Crippen LogP) is 3.23. The summed E-state index contributed by atoms with van der Waals surface area (Å²) in [7, 11) is 1.53. The predicted molar refractivity (Wildman–Crippen MR) is 71.9 cm³/mol. The third kappa shape index (κ3) is 3.90. The minimum absolute atomic E-state index is 0.0637. The Bertz CT molecular complexity index is 203. The van der Waals surface area contributed by atoms with E-state index in [1.54, 1.807) is 0 Å². The molecule has 0 saturated carbocycles. The van der Waals surface area contributed by atoms with E-state index >= 15 is 0 Å². The summed E-state index contributed by atoms with van der Waals surface area (Å²) in [6.07, 6.45) is 7.06. The van der Waals surface area contributed by atoms with Crippen LogP contribution in [0.5, 0.6) is 0 Å². The molecule has 0 aromatic heterocycles. The first-order chi connectivity index (χ1) is 7.25. The Kier molecular flexibility index (Phi) is 6.55. The molecule has 1 saturated heterocycles. The molecule has 1 aliphatic heterocycles. The SMILES string of the molecule is COC(=O)C1(CCCCI)CCCC[Se]1. The van der Waals surface area contributed by atoms with Crippen molar-refractivity contribution >= 4 is 43.5 Å². The quantitative estimate of drug-likeness (QED) is 0.237. The summed E-state index contributed by atoms with van der Waals surface area (Å²) in [6.45, 7) is 0. The number of carbonyl (C=O) groups is 1. The van der Waals surface area contributed by atoms with E-state index in [1.165, 1.54) is 42.5 Å². The summed E-state index contributed by atoms with van der Waals surface area (Å²) in [6, 6.07) is 0. The Balaban J connectivity index is 2.54. The second-order valence-electron chi connectivity index (χ2n) is 3.94. The summed E-state index contributed by atoms with van der Waals surface area (Å²) >= 11 is 2.86. The maximum absolute atomic E-state index is 11.9. The van der Waals surface area contributed by atoms with E-state index in [0.29, 0.717) is 15.0 Å². The number of hydrogen-bond acceptors (Lipinski definition) is 2. The number of esters is 1. The summed E-state index contributed by atoms with van der Waals surface area (Å²) in [5, 5.41) is 1.26. The fraction of sp³-hybridized carbons (Fsp3) is 0.909. The van der Waals surface area contributed by atoms with Crippen molar-refractivity contribution in [3.63, 3.8) is 0 Å². The first-order valence-electron chi connectivity index (χ1n) is 5.53. The normalized spacial score (nSPS) is 26.3. The summed E-state index contributed by atoms with van der Waals surface area (Å²) in [5.41, 5.74) is 0. The van der Waals surface area contributed by atoms with E-state index in [2.05, 4.69) is 22.6 Å². The molecule has 15 heavy (non-hydrogen) atoms. The molecule has 0 aliphatic carbocycles. The van der Waals surface area contributed by atoms with Gasteiger partial charge in [-0.2, -0.15) is 0 Å². The van der Waals surface area contributed by atoms with Gasteiger partial charge in [0.15, 0.2) is 0 Å². The number of ether oxygens (including phenoxy) is 1. The molecule has 1 atom stereocenters. The molecule has 1 fully saturated rings. The number of methoxy groups -OCH3 is 1. The number of unbranched alkanes of at least 4 members (excludes halogenated alkanes) is 1. The van der Waals surface area contributed by atoms with Gasteiger partial charge in [-0.1, -0.05) is 0 Å². The van der Waals surface area contributed by atoms with E-state index in [0.717, 1.165) is 12.8 Å². The van der Waals surface area contributed by atoms with Gasteiger partial charge < -0.3 is 0 Å². The zero-order valence-corrected chi connectivity index (χ0v) is 13.1. The van der Waals surface area contributed by atoms with Crippen LogP contribution in [0, 0.1) is 0 Å². The van der Waals surface area contributed by atoms with Gasteiger partial charge in [-0.3, -0.25) is 0 Å². The van der Waals surface area contributed by atoms with Crippen LogP contribution in [-0.2, 0) is 9.53 Å². The summed E-state index contributed by atoms with van der Waals surface area (Å²) < 4.78 is 6.13. The number of hydrogen-bond donors (Lipinski definition) is 0. The van der Waals surface area contributed by atoms with E-state index in [4.69, 9.17) is 4.74 Å². The van der Waals surface area contributed by atoms with Crippen LogP contribution in [0.15, 0.2) is 0 Å². The van der Waals surface area contributed by atoms with E-state index in [1.807, 2.05) is 0 Å². The molecule has 0 radical (unpaired) electrons. The molecule has 88 valence electrons. The average Bonchev–Trinajstić information content (AvgIpc) is 2.29. The Morgan fingerprint density at radius 2 is 2.27 bits per heavy atom. The van der Waals surface area contributed by atoms with Crippen LogP contribution >= 0.6 is 22.6 Å². The van der Waals surface area contributed by atoms with Crippen LogP contribution < -0.4 is 0 Å². The second-order valence-corrected chi connectivity index (χ2v) is 8.12. The standard InChI is InChI=1S/C11H19IO2Se/c1-14-10(13)11(6-2-4-8-12)7-3-5-9-15-11/h2-9H2,1H3. The average molecular weight is 389 g/mol. The topological polar surface area (TPSA) is 26.3 Å². The van der Waals surface area contributed by atoms with Gasteiger partial charge in [-0.15, -0.1) is 0 Å². The molecule has 0 N–H and O–H groups in total. The van der Waals surface area contributed by atoms with Crippen molar-refractivity contribution in [2.75, 3.05) is 11.5 Å². The maximum atomic E-state index is 11.9. The molecule has 1 unspecified atom stereocenters. The van der Waals surface area contributed by atoms with Crippen molar-refractivity contribution in [1.29, 1.82) is 0 Å². The fourth-order valence-electron chi connectivity index (χ4n) is 2.00. The molecule has 4 heteroatoms. The Morgan fingerprint density at radius 3 is 2.80 bits per heavy atom. The zero-order chi connectivity index (χ0) is 11.1. The van der Waals surface area contributed by atoms with Gasteiger partial charge in [0.05, 0.1) is 0 Å². The van der Waals surface area contributed by atoms with Gasteiger partial charge in [0.1, 0.15) is 0 Å². The van der Waals surface area contributed by atoms with Crippen LogP contribution in [0.2, 0.25) is 9.63 Å². The zero-order valence-electron chi connectivity index (χ0n) is 9.26. The van der Waals surface area contributed by atoms with Gasteiger partial charge in [0, 0.05) is 0 Å². The van der Waals surface area contributed by atoms with Crippen molar-refractivity contribution < 1.29 is 9.53 Å². The van der Waals surface area contributed by atoms with Crippen molar-refractivity contribution in [1.82, 2.24) is 0 Å². The molecule has 0 aromatic carbocycles. The van der Waals surface area contributed by atoms with E-state index < -0.39 is 0 Å². The van der Waals surface area contributed by atoms with Crippen molar-refractivity contribution in [2.24, 2.45) is 0 Å². The van der Waals surface area contributed by atoms with Crippen LogP contribution in [0.3, 0.4) is 0 Å². The first kappa shape index (κ1) is 13.8. The molecule has 0 aromatic rings. The van der Waals surface area contributed by atoms with E-state index in [-0.39, 0.29) is 10.3 Å². The molecule has 0 bridgehead atoms. The summed E-state index contributed by atoms with van der Waals surface area (Å²) in [4.78, 5) is 11.9. The van der Waals surface area contributed by atoms with Crippen molar-refractivity contribution in [2.45, 2.75) is 48.2 Å². The molecule has 1 aliphatic rings. The van der Waals surface area contributed by atoms with Gasteiger partial charge in [-0.05, 0) is 0 Å². The van der Waals surface area contributed by atoms with Gasteiger partial charge >= 0.3 is 113 Å². The third-order valence-corrected chi connectivity index (χ3v) is 7.04. The van der Waals surface area contributed by atoms with Gasteiger partial charge in [0.2, 0.25) is 0 Å². The fourth-order valence-corrected chi connectivity index (χ4v) is 5.73. The number of alkyl halides is 1. The Morgan fingerprint density at radius 1 is 1.47 bits per heavy atom. The van der Waals surface area contributed by atoms with Crippen molar-refractivity contribution in [3.05, 3.63) is 0 Å². The van der Waals surface area contributed by atoms with E-state index in [9.17, 15) is 4.79 Å². The van der Waals surface area contributed by atoms with Crippen molar-refractivity contribution in [3.8, 4) is 0 Å². The van der Waals surface area contributed by atoms with Crippen LogP contribution in [0.25, 0.3) is 0 Å². The molecule has 0 amide bonds.